The van der Waals surface area contributed by atoms with Gasteiger partial charge in [0.15, 0.2) is 23.2 Å². The molecule has 524 valence electrons. The number of ether oxygens (including phenoxy) is 1. The topological polar surface area (TPSA) is 312 Å². The average Bonchev–Trinajstić information content (AvgIpc) is 1.11. The van der Waals surface area contributed by atoms with Crippen LogP contribution >= 0.6 is 0 Å². The van der Waals surface area contributed by atoms with Crippen LogP contribution in [-0.4, -0.2) is 190 Å². The Hall–Kier alpha value is -9.91. The molecule has 7 aliphatic rings. The molecule has 5 aromatic heterocycles. The Morgan fingerprint density at radius 3 is 1.65 bits per heavy atom. The molecule has 26 nitrogen and oxygen atoms in total. The highest BCUT2D eigenvalue weighted by Crippen LogP contribution is 2.43. The maximum Gasteiger partial charge on any atom is 0.341 e. The lowest BCUT2D eigenvalue weighted by molar-refractivity contribution is 0.0683. The summed E-state index contributed by atoms with van der Waals surface area (Å²) in [5.74, 6) is -6.75. The first-order valence-corrected chi connectivity index (χ1v) is 33.2. The van der Waals surface area contributed by atoms with Gasteiger partial charge in [-0.1, -0.05) is 0 Å². The summed E-state index contributed by atoms with van der Waals surface area (Å²) in [7, 11) is 2.02. The number of carboxylic acid groups (broad SMARTS) is 4. The fourth-order valence-corrected chi connectivity index (χ4v) is 13.6. The molecule has 4 saturated heterocycles. The van der Waals surface area contributed by atoms with Crippen molar-refractivity contribution in [2.45, 2.75) is 84.1 Å². The SMILES string of the molecule is CCn1cc(C(=O)O)c(=O)c2cc(F)c(N3CCNCC3)nc21.C[C@H]1COc2c(N3CCN(C)CC3)c(F)cc3c(=O)c(C(=O)O)cn1c23.Cc1c(F)c(N2CCNC(C)C2)cc2c1c(=O)c(C(=O)O)cn2C1CC1.O=C(O)c1cn(C2CC2)c2cc(N3CCNCC3)c(F)cc2c1=O. The van der Waals surface area contributed by atoms with Gasteiger partial charge in [-0.2, -0.15) is 0 Å². The maximum atomic E-state index is 15.1. The molecular weight excluding hydrogens is 1290 g/mol. The molecule has 1 unspecified atom stereocenters. The van der Waals surface area contributed by atoms with Crippen molar-refractivity contribution in [3.05, 3.63) is 147 Å². The molecule has 0 amide bonds. The van der Waals surface area contributed by atoms with Crippen LogP contribution in [0.1, 0.15) is 112 Å². The molecule has 0 radical (unpaired) electrons. The summed E-state index contributed by atoms with van der Waals surface area (Å²) >= 11 is 0. The van der Waals surface area contributed by atoms with E-state index in [2.05, 4.69) is 32.8 Å². The summed E-state index contributed by atoms with van der Waals surface area (Å²) in [5.41, 5.74) is -0.417. The van der Waals surface area contributed by atoms with Gasteiger partial charge in [0, 0.05) is 159 Å². The molecule has 30 heteroatoms. The fourth-order valence-electron chi connectivity index (χ4n) is 13.6. The maximum absolute atomic E-state index is 15.1. The molecule has 2 aliphatic carbocycles. The van der Waals surface area contributed by atoms with E-state index in [1.165, 1.54) is 30.9 Å². The molecular formula is C69H77F4N13O13. The number of nitrogens with zero attached hydrogens (tertiary/aromatic N) is 10. The first-order chi connectivity index (χ1) is 47.3. The smallest absolute Gasteiger partial charge is 0.341 e. The minimum atomic E-state index is -1.33. The molecule has 99 heavy (non-hydrogen) atoms. The van der Waals surface area contributed by atoms with E-state index < -0.39 is 68.9 Å². The molecule has 0 spiro atoms. The van der Waals surface area contributed by atoms with Gasteiger partial charge in [-0.25, -0.2) is 41.7 Å². The van der Waals surface area contributed by atoms with Crippen molar-refractivity contribution in [3.8, 4) is 5.75 Å². The Bertz CT molecular complexity index is 4840. The molecule has 7 N–H and O–H groups in total. The third-order valence-electron chi connectivity index (χ3n) is 19.2. The first-order valence-electron chi connectivity index (χ1n) is 33.2. The van der Waals surface area contributed by atoms with E-state index in [1.54, 1.807) is 28.2 Å². The van der Waals surface area contributed by atoms with Crippen molar-refractivity contribution >= 4 is 90.5 Å². The standard InChI is InChI=1S/C19H22FN3O3.C18H20FN3O4.C17H18FN3O3.C15H17FN4O3/c1-10-8-22(6-5-21-10)15-7-14-16(11(2)17(15)20)18(24)13(19(25)26)9-23(14)12-3-4-12;1-10-9-26-17-14-11(16(23)12(18(24)25)8-22(10)14)7-13(19)15(17)21-5-3-20(2)4-6-21;18-13-7-11-14(8-15(13)20-5-3-19-4-6-20)21(10-1-2-10)9-12(16(11)22)17(23)24;1-2-19-8-10(15(22)23)12(21)9-7-11(16)14(18-13(9)19)20-5-3-17-4-6-20/h7,9-10,12,21H,3-6,8H2,1-2H3,(H,25,26);7-8,10H,3-6,9H2,1-2H3,(H,24,25);7-10,19H,1-6H2,(H,23,24);7-8,17H,2-6H2,1H3,(H,22,23)/t;10-;;/m.0../s1. The molecule has 15 rings (SSSR count). The number of likely N-dealkylation sites (N-methyl/N-ethyl adjacent to an activating group) is 1. The lowest BCUT2D eigenvalue weighted by Crippen LogP contribution is -2.49. The van der Waals surface area contributed by atoms with Gasteiger partial charge < -0.3 is 83.9 Å². The number of halogens is 4. The Labute approximate surface area is 562 Å². The monoisotopic (exact) mass is 1370 g/mol. The summed E-state index contributed by atoms with van der Waals surface area (Å²) in [4.78, 5) is 110. The summed E-state index contributed by atoms with van der Waals surface area (Å²) in [6.07, 6.45) is 9.20. The van der Waals surface area contributed by atoms with Crippen LogP contribution in [0, 0.1) is 30.2 Å². The number of piperazine rings is 4. The molecule has 5 aliphatic heterocycles. The van der Waals surface area contributed by atoms with E-state index >= 15 is 4.39 Å². The number of carbonyl (C=O) groups is 4. The lowest BCUT2D eigenvalue weighted by Gasteiger charge is -2.37. The lowest BCUT2D eigenvalue weighted by atomic mass is 10.0. The van der Waals surface area contributed by atoms with Crippen molar-refractivity contribution in [3.63, 3.8) is 0 Å². The number of rotatable bonds is 11. The van der Waals surface area contributed by atoms with Crippen molar-refractivity contribution in [2.24, 2.45) is 0 Å². The summed E-state index contributed by atoms with van der Waals surface area (Å²) in [5, 5.41) is 47.2. The van der Waals surface area contributed by atoms with Gasteiger partial charge in [0.1, 0.15) is 51.8 Å². The van der Waals surface area contributed by atoms with Crippen molar-refractivity contribution in [2.75, 3.05) is 131 Å². The first kappa shape index (κ1) is 69.0. The number of anilines is 4. The molecule has 8 aromatic rings. The predicted molar refractivity (Wildman–Crippen MR) is 365 cm³/mol. The number of aromatic nitrogens is 5. The second-order valence-corrected chi connectivity index (χ2v) is 26.1. The molecule has 2 saturated carbocycles. The van der Waals surface area contributed by atoms with Crippen LogP contribution in [0.3, 0.4) is 0 Å². The molecule has 0 bridgehead atoms. The van der Waals surface area contributed by atoms with Gasteiger partial charge in [0.25, 0.3) is 0 Å². The molecule has 3 aromatic carbocycles. The molecule has 2 atom stereocenters. The quantitative estimate of drug-likeness (QED) is 0.0723. The van der Waals surface area contributed by atoms with E-state index in [-0.39, 0.29) is 86.0 Å². The van der Waals surface area contributed by atoms with E-state index in [4.69, 9.17) is 9.84 Å². The second kappa shape index (κ2) is 28.1. The van der Waals surface area contributed by atoms with E-state index in [9.17, 15) is 66.8 Å². The zero-order valence-corrected chi connectivity index (χ0v) is 55.3. The number of aromatic carboxylic acids is 4. The predicted octanol–water partition coefficient (Wildman–Crippen LogP) is 6.07. The Balaban J connectivity index is 0.000000126. The Morgan fingerprint density at radius 1 is 0.566 bits per heavy atom. The number of hydrogen-bond donors (Lipinski definition) is 7. The van der Waals surface area contributed by atoms with Crippen LogP contribution in [0.4, 0.5) is 40.4 Å². The van der Waals surface area contributed by atoms with Crippen LogP contribution in [0.2, 0.25) is 0 Å². The highest BCUT2D eigenvalue weighted by atomic mass is 19.1. The Kier molecular flexibility index (Phi) is 19.6. The van der Waals surface area contributed by atoms with Gasteiger partial charge in [-0.3, -0.25) is 19.2 Å². The average molecular weight is 1370 g/mol. The van der Waals surface area contributed by atoms with Crippen molar-refractivity contribution < 1.29 is 61.9 Å². The number of aryl methyl sites for hydroxylation is 2. The van der Waals surface area contributed by atoms with Crippen LogP contribution in [0.5, 0.6) is 5.75 Å². The Morgan fingerprint density at radius 2 is 1.07 bits per heavy atom. The second-order valence-electron chi connectivity index (χ2n) is 26.1. The number of pyridine rings is 5. The third-order valence-corrected chi connectivity index (χ3v) is 19.2. The number of carboxylic acids is 4. The zero-order valence-electron chi connectivity index (χ0n) is 55.3. The van der Waals surface area contributed by atoms with Crippen LogP contribution < -0.4 is 62.0 Å². The van der Waals surface area contributed by atoms with Crippen LogP contribution in [0.25, 0.3) is 43.7 Å². The van der Waals surface area contributed by atoms with Gasteiger partial charge in [-0.15, -0.1) is 0 Å². The van der Waals surface area contributed by atoms with Crippen molar-refractivity contribution in [1.29, 1.82) is 0 Å². The normalized spacial score (nSPS) is 18.6. The van der Waals surface area contributed by atoms with Gasteiger partial charge in [-0.05, 0) is 90.8 Å². The third kappa shape index (κ3) is 13.6. The van der Waals surface area contributed by atoms with Gasteiger partial charge >= 0.3 is 23.9 Å². The van der Waals surface area contributed by atoms with Gasteiger partial charge in [0.05, 0.1) is 50.1 Å². The number of hydrogen-bond acceptors (Lipinski definition) is 18. The molecule has 10 heterocycles. The molecule has 6 fully saturated rings. The number of benzene rings is 3. The fraction of sp³-hybridized carbons (Fsp3) is 0.435. The summed E-state index contributed by atoms with van der Waals surface area (Å²) < 4.78 is 72.0. The van der Waals surface area contributed by atoms with E-state index in [0.717, 1.165) is 83.6 Å². The zero-order chi connectivity index (χ0) is 70.6. The summed E-state index contributed by atoms with van der Waals surface area (Å²) in [6, 6.07) is 7.32. The highest BCUT2D eigenvalue weighted by Gasteiger charge is 2.34. The van der Waals surface area contributed by atoms with E-state index in [0.29, 0.717) is 104 Å². The van der Waals surface area contributed by atoms with Crippen LogP contribution in [-0.2, 0) is 6.54 Å². The van der Waals surface area contributed by atoms with E-state index in [1.807, 2.05) is 49.6 Å². The highest BCUT2D eigenvalue weighted by molar-refractivity contribution is 5.99. The minimum Gasteiger partial charge on any atom is -0.487 e. The van der Waals surface area contributed by atoms with Gasteiger partial charge in [0.2, 0.25) is 21.7 Å². The summed E-state index contributed by atoms with van der Waals surface area (Å²) in [6.45, 7) is 18.7. The number of nitrogens with one attached hydrogen (secondary N) is 3. The largest absolute Gasteiger partial charge is 0.487 e. The van der Waals surface area contributed by atoms with Crippen LogP contribution in [0.15, 0.2) is 74.3 Å². The minimum absolute atomic E-state index is 0.0110. The number of fused-ring (bicyclic) bond motifs is 3. The van der Waals surface area contributed by atoms with Crippen molar-refractivity contribution in [1.82, 2.24) is 44.1 Å².